The van der Waals surface area contributed by atoms with E-state index in [9.17, 15) is 10.5 Å². The molecular formula is C56H35N7. The van der Waals surface area contributed by atoms with Gasteiger partial charge in [-0.05, 0) is 88.0 Å². The van der Waals surface area contributed by atoms with Gasteiger partial charge in [0.2, 0.25) is 5.96 Å². The van der Waals surface area contributed by atoms with Crippen LogP contribution >= 0.6 is 0 Å². The van der Waals surface area contributed by atoms with Gasteiger partial charge in [0.05, 0.1) is 45.6 Å². The lowest BCUT2D eigenvalue weighted by Crippen LogP contribution is -2.35. The van der Waals surface area contributed by atoms with Gasteiger partial charge in [-0.3, -0.25) is 4.57 Å². The molecular weight excluding hydrogens is 771 g/mol. The molecule has 1 atom stereocenters. The number of nitrogens with one attached hydrogen (secondary N) is 1. The van der Waals surface area contributed by atoms with Crippen LogP contribution in [0.15, 0.2) is 210 Å². The molecule has 0 saturated carbocycles. The maximum Gasteiger partial charge on any atom is 0.234 e. The number of anilines is 3. The van der Waals surface area contributed by atoms with E-state index in [1.165, 1.54) is 0 Å². The third-order valence-electron chi connectivity index (χ3n) is 12.7. The van der Waals surface area contributed by atoms with Crippen LogP contribution in [0.25, 0.3) is 33.3 Å². The Bertz CT molecular complexity index is 3340. The van der Waals surface area contributed by atoms with Crippen molar-refractivity contribution < 1.29 is 0 Å². The molecule has 0 saturated heterocycles. The van der Waals surface area contributed by atoms with Crippen LogP contribution in [0.2, 0.25) is 0 Å². The average molecular weight is 806 g/mol. The van der Waals surface area contributed by atoms with Crippen LogP contribution < -0.4 is 10.2 Å². The summed E-state index contributed by atoms with van der Waals surface area (Å²) < 4.78 is 2.28. The normalized spacial score (nSPS) is 14.9. The van der Waals surface area contributed by atoms with Crippen molar-refractivity contribution in [3.05, 3.63) is 245 Å². The number of hydrogen-bond acceptors (Lipinski definition) is 6. The fraction of sp³-hybridized carbons (Fsp3) is 0.0357. The van der Waals surface area contributed by atoms with E-state index in [0.29, 0.717) is 22.9 Å². The highest BCUT2D eigenvalue weighted by Gasteiger charge is 2.55. The lowest BCUT2D eigenvalue weighted by Gasteiger charge is -2.31. The van der Waals surface area contributed by atoms with E-state index < -0.39 is 11.6 Å². The molecule has 1 aromatic heterocycles. The number of aromatic nitrogens is 1. The summed E-state index contributed by atoms with van der Waals surface area (Å²) in [5, 5.41) is 25.6. The Morgan fingerprint density at radius 1 is 0.556 bits per heavy atom. The summed E-state index contributed by atoms with van der Waals surface area (Å²) >= 11 is 0. The number of para-hydroxylation sites is 3. The van der Waals surface area contributed by atoms with Crippen molar-refractivity contribution in [2.75, 3.05) is 4.90 Å². The van der Waals surface area contributed by atoms with Crippen molar-refractivity contribution in [1.29, 1.82) is 10.5 Å². The first-order valence-electron chi connectivity index (χ1n) is 21.0. The van der Waals surface area contributed by atoms with E-state index in [2.05, 4.69) is 166 Å². The molecule has 0 radical (unpaired) electrons. The first kappa shape index (κ1) is 36.1. The van der Waals surface area contributed by atoms with Gasteiger partial charge >= 0.3 is 0 Å². The van der Waals surface area contributed by atoms with Gasteiger partial charge in [0.25, 0.3) is 0 Å². The predicted molar refractivity (Wildman–Crippen MR) is 250 cm³/mol. The van der Waals surface area contributed by atoms with Crippen molar-refractivity contribution in [3.63, 3.8) is 0 Å². The van der Waals surface area contributed by atoms with Gasteiger partial charge in [0.1, 0.15) is 12.0 Å². The molecule has 0 bridgehead atoms. The second kappa shape index (κ2) is 14.2. The smallest absolute Gasteiger partial charge is 0.234 e. The first-order valence-corrected chi connectivity index (χ1v) is 21.0. The van der Waals surface area contributed by atoms with Crippen LogP contribution in [-0.2, 0) is 5.41 Å². The van der Waals surface area contributed by atoms with Gasteiger partial charge in [-0.2, -0.15) is 15.5 Å². The zero-order valence-corrected chi connectivity index (χ0v) is 33.8. The number of benzene rings is 8. The molecule has 7 nitrogen and oxygen atoms in total. The molecule has 12 rings (SSSR count). The highest BCUT2D eigenvalue weighted by molar-refractivity contribution is 6.17. The lowest BCUT2D eigenvalue weighted by atomic mass is 9.69. The summed E-state index contributed by atoms with van der Waals surface area (Å²) in [5.41, 5.74) is 14.3. The van der Waals surface area contributed by atoms with Crippen molar-refractivity contribution in [3.8, 4) is 34.5 Å². The summed E-state index contributed by atoms with van der Waals surface area (Å²) in [7, 11) is 0. The molecule has 2 heterocycles. The topological polar surface area (TPSA) is 92.5 Å². The minimum atomic E-state index is -0.902. The second-order valence-corrected chi connectivity index (χ2v) is 16.0. The third kappa shape index (κ3) is 5.31. The highest BCUT2D eigenvalue weighted by atomic mass is 15.3. The summed E-state index contributed by atoms with van der Waals surface area (Å²) in [6.07, 6.45) is -0.455. The average Bonchev–Trinajstić information content (AvgIpc) is 3.97. The van der Waals surface area contributed by atoms with E-state index in [-0.39, 0.29) is 0 Å². The lowest BCUT2D eigenvalue weighted by molar-refractivity contribution is 0.668. The van der Waals surface area contributed by atoms with E-state index in [1.807, 2.05) is 60.7 Å². The maximum atomic E-state index is 10.4. The minimum absolute atomic E-state index is 0.455. The number of aliphatic imine (C=N–C) groups is 2. The Balaban J connectivity index is 1.28. The number of fused-ring (bicyclic) bond motifs is 12. The molecule has 9 aromatic rings. The van der Waals surface area contributed by atoms with Gasteiger partial charge < -0.3 is 10.2 Å². The van der Waals surface area contributed by atoms with E-state index in [4.69, 9.17) is 9.98 Å². The molecule has 294 valence electrons. The Morgan fingerprint density at radius 2 is 1.13 bits per heavy atom. The predicted octanol–water partition coefficient (Wildman–Crippen LogP) is 12.2. The van der Waals surface area contributed by atoms with Gasteiger partial charge in [-0.25, -0.2) is 4.99 Å². The zero-order valence-electron chi connectivity index (χ0n) is 33.8. The number of nitriles is 2. The zero-order chi connectivity index (χ0) is 42.1. The van der Waals surface area contributed by atoms with Gasteiger partial charge in [-0.1, -0.05) is 146 Å². The highest BCUT2D eigenvalue weighted by Crippen LogP contribution is 2.65. The Labute approximate surface area is 364 Å². The number of hydrogen-bond donors (Lipinski definition) is 1. The summed E-state index contributed by atoms with van der Waals surface area (Å²) in [6.45, 7) is 0. The Kier molecular flexibility index (Phi) is 8.12. The number of amidine groups is 1. The maximum absolute atomic E-state index is 10.4. The molecule has 1 N–H and O–H groups in total. The van der Waals surface area contributed by atoms with Crippen LogP contribution in [0, 0.1) is 22.7 Å². The Hall–Kier alpha value is -8.78. The van der Waals surface area contributed by atoms with Gasteiger partial charge in [0, 0.05) is 33.5 Å². The SMILES string of the molecule is N#Cc1ccc2c(c1)C1(c3cc(C#N)ccc3-2)c2ccccc2-c2c1c1cccc(N(c3ccccc3)c3ccccc3)c1n2C1=NC(c2ccccc2)NC(c2ccccc2)=N1. The molecule has 1 unspecified atom stereocenters. The molecule has 8 aromatic carbocycles. The van der Waals surface area contributed by atoms with Crippen molar-refractivity contribution in [2.45, 2.75) is 11.6 Å². The fourth-order valence-electron chi connectivity index (χ4n) is 10.2. The van der Waals surface area contributed by atoms with E-state index in [0.717, 1.165) is 83.7 Å². The minimum Gasteiger partial charge on any atom is -0.344 e. The van der Waals surface area contributed by atoms with Crippen molar-refractivity contribution in [1.82, 2.24) is 9.88 Å². The fourth-order valence-corrected chi connectivity index (χ4v) is 10.2. The summed E-state index contributed by atoms with van der Waals surface area (Å²) in [5.74, 6) is 1.24. The molecule has 1 spiro atoms. The number of nitrogens with zero attached hydrogens (tertiary/aromatic N) is 6. The molecule has 63 heavy (non-hydrogen) atoms. The van der Waals surface area contributed by atoms with Crippen LogP contribution in [-0.4, -0.2) is 16.4 Å². The van der Waals surface area contributed by atoms with Crippen molar-refractivity contribution in [2.24, 2.45) is 9.98 Å². The van der Waals surface area contributed by atoms with Gasteiger partial charge in [0.15, 0.2) is 0 Å². The van der Waals surface area contributed by atoms with Crippen LogP contribution in [0.4, 0.5) is 17.1 Å². The molecule has 7 heteroatoms. The molecule has 0 amide bonds. The monoisotopic (exact) mass is 805 g/mol. The molecule has 1 aliphatic heterocycles. The largest absolute Gasteiger partial charge is 0.344 e. The molecule has 0 fully saturated rings. The van der Waals surface area contributed by atoms with Crippen LogP contribution in [0.1, 0.15) is 50.7 Å². The summed E-state index contributed by atoms with van der Waals surface area (Å²) in [4.78, 5) is 13.3. The molecule has 3 aliphatic rings. The van der Waals surface area contributed by atoms with Crippen LogP contribution in [0.5, 0.6) is 0 Å². The first-order chi connectivity index (χ1) is 31.2. The van der Waals surface area contributed by atoms with Gasteiger partial charge in [-0.15, -0.1) is 0 Å². The standard InChI is InChI=1S/C56H35N7/c57-34-36-28-30-42-43-31-29-37(35-58)33-48(43)56(47(42)32-36)46-26-14-13-24-44(46)52-50(56)45-25-15-27-49(62(40-20-9-3-10-21-40)41-22-11-4-12-23-41)51(45)63(52)55-60-53(38-16-5-1-6-17-38)59-54(61-55)39-18-7-2-8-19-39/h1-33,53H,(H,59,60,61). The third-order valence-corrected chi connectivity index (χ3v) is 12.7. The van der Waals surface area contributed by atoms with E-state index in [1.54, 1.807) is 0 Å². The van der Waals surface area contributed by atoms with Crippen molar-refractivity contribution >= 4 is 39.8 Å². The Morgan fingerprint density at radius 3 is 1.75 bits per heavy atom. The van der Waals surface area contributed by atoms with Crippen LogP contribution in [0.3, 0.4) is 0 Å². The molecule has 2 aliphatic carbocycles. The number of rotatable bonds is 5. The van der Waals surface area contributed by atoms with E-state index >= 15 is 0 Å². The second-order valence-electron chi connectivity index (χ2n) is 16.0. The summed E-state index contributed by atoms with van der Waals surface area (Å²) in [6, 6.07) is 73.5. The quantitative estimate of drug-likeness (QED) is 0.187.